The number of rotatable bonds is 6. The van der Waals surface area contributed by atoms with Crippen molar-refractivity contribution in [1.82, 2.24) is 9.80 Å². The molecule has 2 heteroatoms. The topological polar surface area (TPSA) is 6.48 Å². The van der Waals surface area contributed by atoms with Crippen LogP contribution in [0.3, 0.4) is 0 Å². The van der Waals surface area contributed by atoms with Gasteiger partial charge in [0, 0.05) is 18.5 Å². The molecule has 3 aliphatic heterocycles. The maximum Gasteiger partial charge on any atom is 0.0352 e. The van der Waals surface area contributed by atoms with Gasteiger partial charge in [-0.05, 0) is 93.4 Å². The van der Waals surface area contributed by atoms with Crippen molar-refractivity contribution in [3.05, 3.63) is 70.8 Å². The Balaban J connectivity index is 1.35. The molecule has 2 aromatic rings. The van der Waals surface area contributed by atoms with Crippen molar-refractivity contribution >= 4 is 0 Å². The zero-order chi connectivity index (χ0) is 19.5. The minimum atomic E-state index is 0.541. The van der Waals surface area contributed by atoms with Gasteiger partial charge in [-0.3, -0.25) is 4.90 Å². The minimum absolute atomic E-state index is 0.541. The van der Waals surface area contributed by atoms with E-state index in [1.807, 2.05) is 0 Å². The van der Waals surface area contributed by atoms with E-state index in [9.17, 15) is 0 Å². The number of likely N-dealkylation sites (tertiary alicyclic amines) is 1. The molecule has 0 aliphatic carbocycles. The van der Waals surface area contributed by atoms with Crippen LogP contribution in [0.2, 0.25) is 0 Å². The third-order valence-corrected chi connectivity index (χ3v) is 7.54. The minimum Gasteiger partial charge on any atom is -0.303 e. The predicted octanol–water partition coefficient (Wildman–Crippen LogP) is 5.78. The SMILES string of the molecule is c1ccc([C@@H]2CN3CCCC3c3cccc(CCCCN4CCCCC4)c32)cc1. The summed E-state index contributed by atoms with van der Waals surface area (Å²) in [6.07, 6.45) is 10.8. The van der Waals surface area contributed by atoms with E-state index in [-0.39, 0.29) is 0 Å². The Bertz CT molecular complexity index is 793. The van der Waals surface area contributed by atoms with Crippen molar-refractivity contribution in [2.75, 3.05) is 32.7 Å². The van der Waals surface area contributed by atoms with Crippen molar-refractivity contribution in [1.29, 1.82) is 0 Å². The molecule has 0 amide bonds. The second kappa shape index (κ2) is 9.02. The molecule has 1 unspecified atom stereocenters. The quantitative estimate of drug-likeness (QED) is 0.579. The second-order valence-corrected chi connectivity index (χ2v) is 9.40. The van der Waals surface area contributed by atoms with Gasteiger partial charge in [0.05, 0.1) is 0 Å². The summed E-state index contributed by atoms with van der Waals surface area (Å²) < 4.78 is 0. The average Bonchev–Trinajstić information content (AvgIpc) is 3.26. The summed E-state index contributed by atoms with van der Waals surface area (Å²) in [4.78, 5) is 5.44. The van der Waals surface area contributed by atoms with Crippen LogP contribution in [0, 0.1) is 0 Å². The first kappa shape index (κ1) is 19.3. The maximum absolute atomic E-state index is 2.75. The van der Waals surface area contributed by atoms with Crippen molar-refractivity contribution in [2.24, 2.45) is 0 Å². The predicted molar refractivity (Wildman–Crippen MR) is 122 cm³/mol. The van der Waals surface area contributed by atoms with Gasteiger partial charge in [-0.25, -0.2) is 0 Å². The molecule has 2 saturated heterocycles. The number of benzene rings is 2. The highest BCUT2D eigenvalue weighted by atomic mass is 15.2. The summed E-state index contributed by atoms with van der Waals surface area (Å²) >= 11 is 0. The van der Waals surface area contributed by atoms with E-state index in [2.05, 4.69) is 58.3 Å². The van der Waals surface area contributed by atoms with Gasteiger partial charge in [0.15, 0.2) is 0 Å². The van der Waals surface area contributed by atoms with Gasteiger partial charge in [0.2, 0.25) is 0 Å². The molecule has 2 aromatic carbocycles. The van der Waals surface area contributed by atoms with Crippen molar-refractivity contribution in [2.45, 2.75) is 63.3 Å². The van der Waals surface area contributed by atoms with Crippen LogP contribution in [0.4, 0.5) is 0 Å². The van der Waals surface area contributed by atoms with Crippen LogP contribution < -0.4 is 0 Å². The zero-order valence-corrected chi connectivity index (χ0v) is 17.9. The monoisotopic (exact) mass is 388 g/mol. The molecular formula is C27H36N2. The number of unbranched alkanes of at least 4 members (excludes halogenated alkanes) is 1. The fourth-order valence-corrected chi connectivity index (χ4v) is 6.08. The van der Waals surface area contributed by atoms with Gasteiger partial charge in [-0.2, -0.15) is 0 Å². The van der Waals surface area contributed by atoms with Gasteiger partial charge in [-0.1, -0.05) is 55.0 Å². The number of piperidine rings is 1. The molecule has 29 heavy (non-hydrogen) atoms. The summed E-state index contributed by atoms with van der Waals surface area (Å²) in [7, 11) is 0. The molecule has 2 nitrogen and oxygen atoms in total. The molecule has 2 atom stereocenters. The van der Waals surface area contributed by atoms with Crippen molar-refractivity contribution < 1.29 is 0 Å². The number of aryl methyl sites for hydroxylation is 1. The summed E-state index contributed by atoms with van der Waals surface area (Å²) in [6, 6.07) is 19.1. The molecule has 3 aliphatic rings. The summed E-state index contributed by atoms with van der Waals surface area (Å²) in [6.45, 7) is 6.43. The van der Waals surface area contributed by atoms with Crippen LogP contribution in [0.25, 0.3) is 0 Å². The number of fused-ring (bicyclic) bond motifs is 3. The Kier molecular flexibility index (Phi) is 6.01. The van der Waals surface area contributed by atoms with Crippen LogP contribution in [-0.2, 0) is 6.42 Å². The van der Waals surface area contributed by atoms with Crippen LogP contribution in [0.5, 0.6) is 0 Å². The van der Waals surface area contributed by atoms with Gasteiger partial charge < -0.3 is 4.90 Å². The molecule has 5 rings (SSSR count). The van der Waals surface area contributed by atoms with E-state index in [4.69, 9.17) is 0 Å². The molecule has 0 saturated carbocycles. The first-order valence-electron chi connectivity index (χ1n) is 12.0. The Hall–Kier alpha value is -1.64. The lowest BCUT2D eigenvalue weighted by Gasteiger charge is -2.39. The Morgan fingerprint density at radius 2 is 1.66 bits per heavy atom. The molecule has 154 valence electrons. The van der Waals surface area contributed by atoms with Gasteiger partial charge >= 0.3 is 0 Å². The molecule has 0 spiro atoms. The third kappa shape index (κ3) is 4.15. The lowest BCUT2D eigenvalue weighted by atomic mass is 9.78. The van der Waals surface area contributed by atoms with E-state index in [1.165, 1.54) is 89.7 Å². The van der Waals surface area contributed by atoms with E-state index in [1.54, 1.807) is 16.7 Å². The summed E-state index contributed by atoms with van der Waals surface area (Å²) in [5.74, 6) is 0.541. The highest BCUT2D eigenvalue weighted by Crippen LogP contribution is 2.45. The largest absolute Gasteiger partial charge is 0.303 e. The second-order valence-electron chi connectivity index (χ2n) is 9.40. The lowest BCUT2D eigenvalue weighted by molar-refractivity contribution is 0.224. The van der Waals surface area contributed by atoms with Crippen LogP contribution >= 0.6 is 0 Å². The average molecular weight is 389 g/mol. The molecule has 0 radical (unpaired) electrons. The molecule has 0 N–H and O–H groups in total. The number of nitrogens with zero attached hydrogens (tertiary/aromatic N) is 2. The highest BCUT2D eigenvalue weighted by Gasteiger charge is 2.37. The first-order valence-corrected chi connectivity index (χ1v) is 12.0. The van der Waals surface area contributed by atoms with E-state index in [0.717, 1.165) is 0 Å². The molecule has 0 bridgehead atoms. The van der Waals surface area contributed by atoms with Gasteiger partial charge in [0.1, 0.15) is 0 Å². The normalized spacial score (nSPS) is 25.0. The van der Waals surface area contributed by atoms with Gasteiger partial charge in [-0.15, -0.1) is 0 Å². The van der Waals surface area contributed by atoms with Gasteiger partial charge in [0.25, 0.3) is 0 Å². The lowest BCUT2D eigenvalue weighted by Crippen LogP contribution is -2.35. The fourth-order valence-electron chi connectivity index (χ4n) is 6.08. The van der Waals surface area contributed by atoms with Crippen LogP contribution in [-0.4, -0.2) is 42.5 Å². The first-order chi connectivity index (χ1) is 14.4. The summed E-state index contributed by atoms with van der Waals surface area (Å²) in [5.41, 5.74) is 6.44. The van der Waals surface area contributed by atoms with E-state index < -0.39 is 0 Å². The Labute approximate surface area is 176 Å². The van der Waals surface area contributed by atoms with E-state index in [0.29, 0.717) is 12.0 Å². The molecule has 3 heterocycles. The molecule has 0 aromatic heterocycles. The Morgan fingerprint density at radius 3 is 2.52 bits per heavy atom. The number of hydrogen-bond donors (Lipinski definition) is 0. The standard InChI is InChI=1S/C27H36N2/c1-3-11-22(12-4-1)25-21-29-20-10-16-26(29)24-15-9-14-23(27(24)25)13-5-8-19-28-17-6-2-7-18-28/h1,3-4,9,11-12,14-15,25-26H,2,5-8,10,13,16-21H2/t25-,26?/m0/s1. The fraction of sp³-hybridized carbons (Fsp3) is 0.556. The van der Waals surface area contributed by atoms with Crippen LogP contribution in [0.15, 0.2) is 48.5 Å². The number of hydrogen-bond acceptors (Lipinski definition) is 2. The smallest absolute Gasteiger partial charge is 0.0352 e. The zero-order valence-electron chi connectivity index (χ0n) is 17.9. The molecular weight excluding hydrogens is 352 g/mol. The third-order valence-electron chi connectivity index (χ3n) is 7.54. The highest BCUT2D eigenvalue weighted by molar-refractivity contribution is 5.47. The molecule has 2 fully saturated rings. The van der Waals surface area contributed by atoms with Crippen molar-refractivity contribution in [3.8, 4) is 0 Å². The van der Waals surface area contributed by atoms with E-state index >= 15 is 0 Å². The summed E-state index contributed by atoms with van der Waals surface area (Å²) in [5, 5.41) is 0. The Morgan fingerprint density at radius 1 is 0.793 bits per heavy atom. The van der Waals surface area contributed by atoms with Crippen molar-refractivity contribution in [3.63, 3.8) is 0 Å². The van der Waals surface area contributed by atoms with Crippen LogP contribution in [0.1, 0.15) is 79.2 Å². The maximum atomic E-state index is 2.75.